The third-order valence-electron chi connectivity index (χ3n) is 11.6. The van der Waals surface area contributed by atoms with Crippen LogP contribution in [0.5, 0.6) is 0 Å². The number of aliphatic hydroxyl groups excluding tert-OH is 1. The number of allylic oxidation sites excluding steroid dienone is 2. The molecule has 0 saturated carbocycles. The fraction of sp³-hybridized carbons (Fsp3) is 0.922. The Bertz CT molecular complexity index is 810. The highest BCUT2D eigenvalue weighted by atomic mass is 16.6. The van der Waals surface area contributed by atoms with Gasteiger partial charge in [-0.3, -0.25) is 9.59 Å². The van der Waals surface area contributed by atoms with E-state index in [0.29, 0.717) is 12.8 Å². The number of esters is 2. The van der Waals surface area contributed by atoms with E-state index in [9.17, 15) is 14.7 Å². The molecular formula is C51H98O5. The molecule has 0 bridgehead atoms. The van der Waals surface area contributed by atoms with Crippen molar-refractivity contribution in [1.82, 2.24) is 0 Å². The normalized spacial score (nSPS) is 12.1. The van der Waals surface area contributed by atoms with Gasteiger partial charge in [-0.25, -0.2) is 0 Å². The first-order chi connectivity index (χ1) is 27.6. The predicted molar refractivity (Wildman–Crippen MR) is 242 cm³/mol. The minimum absolute atomic E-state index is 0.0596. The van der Waals surface area contributed by atoms with Crippen LogP contribution in [0.4, 0.5) is 0 Å². The monoisotopic (exact) mass is 791 g/mol. The average molecular weight is 791 g/mol. The maximum Gasteiger partial charge on any atom is 0.306 e. The van der Waals surface area contributed by atoms with Crippen LogP contribution in [0, 0.1) is 0 Å². The minimum Gasteiger partial charge on any atom is -0.462 e. The molecule has 1 atom stereocenters. The van der Waals surface area contributed by atoms with E-state index in [1.807, 2.05) is 0 Å². The summed E-state index contributed by atoms with van der Waals surface area (Å²) in [4.78, 5) is 24.4. The summed E-state index contributed by atoms with van der Waals surface area (Å²) in [6.07, 6.45) is 57.3. The van der Waals surface area contributed by atoms with Gasteiger partial charge in [-0.05, 0) is 38.5 Å². The van der Waals surface area contributed by atoms with Gasteiger partial charge in [0.05, 0.1) is 6.61 Å². The van der Waals surface area contributed by atoms with Crippen molar-refractivity contribution in [3.63, 3.8) is 0 Å². The molecule has 0 rings (SSSR count). The lowest BCUT2D eigenvalue weighted by atomic mass is 10.0. The molecule has 0 saturated heterocycles. The molecule has 56 heavy (non-hydrogen) atoms. The van der Waals surface area contributed by atoms with Crippen LogP contribution in [0.3, 0.4) is 0 Å². The van der Waals surface area contributed by atoms with E-state index in [4.69, 9.17) is 9.47 Å². The van der Waals surface area contributed by atoms with Crippen molar-refractivity contribution in [2.45, 2.75) is 290 Å². The van der Waals surface area contributed by atoms with Crippen LogP contribution in [0.1, 0.15) is 284 Å². The van der Waals surface area contributed by atoms with Crippen molar-refractivity contribution in [3.05, 3.63) is 12.2 Å². The van der Waals surface area contributed by atoms with Crippen molar-refractivity contribution in [3.8, 4) is 0 Å². The Balaban J connectivity index is 3.44. The number of unbranched alkanes of at least 4 members (excludes halogenated alkanes) is 37. The topological polar surface area (TPSA) is 72.8 Å². The lowest BCUT2D eigenvalue weighted by Crippen LogP contribution is -2.28. The molecule has 0 radical (unpaired) electrons. The van der Waals surface area contributed by atoms with Crippen LogP contribution in [0.2, 0.25) is 0 Å². The van der Waals surface area contributed by atoms with Crippen molar-refractivity contribution in [2.24, 2.45) is 0 Å². The second-order valence-corrected chi connectivity index (χ2v) is 17.3. The Hall–Kier alpha value is -1.36. The van der Waals surface area contributed by atoms with E-state index in [1.165, 1.54) is 225 Å². The molecule has 5 nitrogen and oxygen atoms in total. The molecule has 0 spiro atoms. The molecule has 0 amide bonds. The fourth-order valence-electron chi connectivity index (χ4n) is 7.73. The maximum atomic E-state index is 12.2. The van der Waals surface area contributed by atoms with Crippen LogP contribution in [-0.4, -0.2) is 36.4 Å². The zero-order chi connectivity index (χ0) is 40.7. The molecule has 0 aliphatic carbocycles. The number of hydrogen-bond donors (Lipinski definition) is 1. The van der Waals surface area contributed by atoms with Gasteiger partial charge in [0.15, 0.2) is 6.10 Å². The standard InChI is InChI=1S/C51H98O5/c1-3-5-7-9-11-13-15-17-19-21-23-24-25-26-28-29-31-33-35-37-39-41-43-45-50(53)55-48-49(47-52)56-51(54)46-44-42-40-38-36-34-32-30-27-22-20-18-16-14-12-10-8-6-4-2/h18,20,49,52H,3-17,19,21-48H2,1-2H3/b20-18+/t49-/m0/s1. The number of carbonyl (C=O) groups excluding carboxylic acids is 2. The van der Waals surface area contributed by atoms with Gasteiger partial charge in [0, 0.05) is 12.8 Å². The van der Waals surface area contributed by atoms with Gasteiger partial charge >= 0.3 is 11.9 Å². The highest BCUT2D eigenvalue weighted by Crippen LogP contribution is 2.17. The van der Waals surface area contributed by atoms with E-state index < -0.39 is 6.10 Å². The Morgan fingerprint density at radius 3 is 0.964 bits per heavy atom. The van der Waals surface area contributed by atoms with Crippen LogP contribution in [0.15, 0.2) is 12.2 Å². The smallest absolute Gasteiger partial charge is 0.306 e. The molecule has 1 N–H and O–H groups in total. The number of ether oxygens (including phenoxy) is 2. The summed E-state index contributed by atoms with van der Waals surface area (Å²) < 4.78 is 10.7. The zero-order valence-corrected chi connectivity index (χ0v) is 37.9. The van der Waals surface area contributed by atoms with Crippen molar-refractivity contribution in [2.75, 3.05) is 13.2 Å². The summed E-state index contributed by atoms with van der Waals surface area (Å²) in [7, 11) is 0. The number of carbonyl (C=O) groups is 2. The Morgan fingerprint density at radius 1 is 0.393 bits per heavy atom. The summed E-state index contributed by atoms with van der Waals surface area (Å²) in [6, 6.07) is 0. The molecule has 0 heterocycles. The molecule has 0 unspecified atom stereocenters. The molecule has 0 aliphatic rings. The van der Waals surface area contributed by atoms with Gasteiger partial charge < -0.3 is 14.6 Å². The highest BCUT2D eigenvalue weighted by Gasteiger charge is 2.16. The molecule has 0 aromatic carbocycles. The van der Waals surface area contributed by atoms with Crippen molar-refractivity contribution >= 4 is 11.9 Å². The number of hydrogen-bond acceptors (Lipinski definition) is 5. The predicted octanol–water partition coefficient (Wildman–Crippen LogP) is 16.4. The van der Waals surface area contributed by atoms with E-state index in [2.05, 4.69) is 26.0 Å². The van der Waals surface area contributed by atoms with Crippen LogP contribution in [0.25, 0.3) is 0 Å². The van der Waals surface area contributed by atoms with E-state index in [-0.39, 0.29) is 25.2 Å². The average Bonchev–Trinajstić information content (AvgIpc) is 3.20. The highest BCUT2D eigenvalue weighted by molar-refractivity contribution is 5.70. The summed E-state index contributed by atoms with van der Waals surface area (Å²) in [6.45, 7) is 4.18. The van der Waals surface area contributed by atoms with Crippen LogP contribution < -0.4 is 0 Å². The zero-order valence-electron chi connectivity index (χ0n) is 37.9. The second kappa shape index (κ2) is 48.0. The first kappa shape index (κ1) is 54.6. The third-order valence-corrected chi connectivity index (χ3v) is 11.6. The van der Waals surface area contributed by atoms with E-state index >= 15 is 0 Å². The van der Waals surface area contributed by atoms with Gasteiger partial charge in [-0.2, -0.15) is 0 Å². The van der Waals surface area contributed by atoms with E-state index in [0.717, 1.165) is 32.1 Å². The molecular weight excluding hydrogens is 693 g/mol. The van der Waals surface area contributed by atoms with Gasteiger partial charge in [0.1, 0.15) is 6.61 Å². The molecule has 0 fully saturated rings. The SMILES string of the molecule is CCCCCCCC/C=C/CCCCCCCCCCCC(=O)O[C@@H](CO)COC(=O)CCCCCCCCCCCCCCCCCCCCCCCCC. The number of aliphatic hydroxyl groups is 1. The van der Waals surface area contributed by atoms with Crippen molar-refractivity contribution in [1.29, 1.82) is 0 Å². The summed E-state index contributed by atoms with van der Waals surface area (Å²) in [5.41, 5.74) is 0. The summed E-state index contributed by atoms with van der Waals surface area (Å²) in [5, 5.41) is 9.62. The lowest BCUT2D eigenvalue weighted by molar-refractivity contribution is -0.161. The van der Waals surface area contributed by atoms with Crippen LogP contribution >= 0.6 is 0 Å². The molecule has 0 aromatic rings. The van der Waals surface area contributed by atoms with Gasteiger partial charge in [0.25, 0.3) is 0 Å². The fourth-order valence-corrected chi connectivity index (χ4v) is 7.73. The molecule has 5 heteroatoms. The Kier molecular flexibility index (Phi) is 46.8. The number of rotatable bonds is 47. The molecule has 332 valence electrons. The maximum absolute atomic E-state index is 12.2. The first-order valence-corrected chi connectivity index (χ1v) is 25.2. The second-order valence-electron chi connectivity index (χ2n) is 17.3. The molecule has 0 aromatic heterocycles. The van der Waals surface area contributed by atoms with Crippen molar-refractivity contribution < 1.29 is 24.2 Å². The third kappa shape index (κ3) is 45.3. The van der Waals surface area contributed by atoms with Gasteiger partial charge in [-0.15, -0.1) is 0 Å². The minimum atomic E-state index is -0.767. The van der Waals surface area contributed by atoms with Crippen LogP contribution in [-0.2, 0) is 19.1 Å². The Labute approximate surface area is 350 Å². The molecule has 0 aliphatic heterocycles. The van der Waals surface area contributed by atoms with Gasteiger partial charge in [0.2, 0.25) is 0 Å². The summed E-state index contributed by atoms with van der Waals surface area (Å²) >= 11 is 0. The quantitative estimate of drug-likeness (QED) is 0.0378. The van der Waals surface area contributed by atoms with E-state index in [1.54, 1.807) is 0 Å². The summed E-state index contributed by atoms with van der Waals surface area (Å²) in [5.74, 6) is -0.574. The first-order valence-electron chi connectivity index (χ1n) is 25.2. The lowest BCUT2D eigenvalue weighted by Gasteiger charge is -2.15. The largest absolute Gasteiger partial charge is 0.462 e. The van der Waals surface area contributed by atoms with Gasteiger partial charge in [-0.1, -0.05) is 244 Å². The Morgan fingerprint density at radius 2 is 0.661 bits per heavy atom.